The molecule has 0 aliphatic rings. The highest BCUT2D eigenvalue weighted by atomic mass is 16.5. The van der Waals surface area contributed by atoms with E-state index in [1.165, 1.54) is 11.1 Å². The van der Waals surface area contributed by atoms with E-state index in [1.54, 1.807) is 0 Å². The number of rotatable bonds is 10. The molecule has 0 aromatic heterocycles. The third-order valence-electron chi connectivity index (χ3n) is 4.02. The summed E-state index contributed by atoms with van der Waals surface area (Å²) in [6.45, 7) is 10.3. The van der Waals surface area contributed by atoms with Crippen LogP contribution in [0.25, 0.3) is 0 Å². The largest absolute Gasteiger partial charge is 0.494 e. The lowest BCUT2D eigenvalue weighted by atomic mass is 9.95. The van der Waals surface area contributed by atoms with Gasteiger partial charge in [0, 0.05) is 5.54 Å². The molecule has 0 fully saturated rings. The molecule has 3 nitrogen and oxygen atoms in total. The van der Waals surface area contributed by atoms with Crippen LogP contribution < -0.4 is 10.1 Å². The van der Waals surface area contributed by atoms with Crippen molar-refractivity contribution in [1.82, 2.24) is 5.32 Å². The molecule has 1 unspecified atom stereocenters. The van der Waals surface area contributed by atoms with Crippen molar-refractivity contribution in [2.24, 2.45) is 0 Å². The van der Waals surface area contributed by atoms with Gasteiger partial charge in [-0.1, -0.05) is 13.0 Å². The van der Waals surface area contributed by atoms with Gasteiger partial charge >= 0.3 is 0 Å². The van der Waals surface area contributed by atoms with Crippen LogP contribution in [0.15, 0.2) is 18.2 Å². The number of hydrogen-bond donors (Lipinski definition) is 2. The van der Waals surface area contributed by atoms with Crippen molar-refractivity contribution in [3.05, 3.63) is 29.3 Å². The van der Waals surface area contributed by atoms with Gasteiger partial charge in [0.25, 0.3) is 0 Å². The van der Waals surface area contributed by atoms with Gasteiger partial charge in [0.05, 0.1) is 13.2 Å². The molecule has 1 aromatic rings. The highest BCUT2D eigenvalue weighted by Crippen LogP contribution is 2.18. The van der Waals surface area contributed by atoms with Crippen molar-refractivity contribution in [3.63, 3.8) is 0 Å². The van der Waals surface area contributed by atoms with Crippen LogP contribution in [0.2, 0.25) is 0 Å². The fourth-order valence-corrected chi connectivity index (χ4v) is 2.26. The molecular weight excluding hydrogens is 262 g/mol. The standard InChI is InChI=1S/C18H31NO2/c1-5-11-19-18(4,14-20)10-6-7-12-21-17-9-8-15(2)16(3)13-17/h8-9,13,19-20H,5-7,10-12,14H2,1-4H3. The van der Waals surface area contributed by atoms with E-state index in [4.69, 9.17) is 4.74 Å². The van der Waals surface area contributed by atoms with Crippen molar-refractivity contribution >= 4 is 0 Å². The van der Waals surface area contributed by atoms with Crippen LogP contribution in [0.3, 0.4) is 0 Å². The van der Waals surface area contributed by atoms with E-state index in [1.807, 2.05) is 6.07 Å². The van der Waals surface area contributed by atoms with Gasteiger partial charge in [0.15, 0.2) is 0 Å². The van der Waals surface area contributed by atoms with E-state index in [-0.39, 0.29) is 12.1 Å². The van der Waals surface area contributed by atoms with Crippen molar-refractivity contribution in [3.8, 4) is 5.75 Å². The zero-order chi connectivity index (χ0) is 15.7. The number of benzene rings is 1. The summed E-state index contributed by atoms with van der Waals surface area (Å²) >= 11 is 0. The fraction of sp³-hybridized carbons (Fsp3) is 0.667. The van der Waals surface area contributed by atoms with Gasteiger partial charge in [-0.15, -0.1) is 0 Å². The second-order valence-corrected chi connectivity index (χ2v) is 6.20. The first kappa shape index (κ1) is 18.0. The number of ether oxygens (including phenoxy) is 1. The maximum Gasteiger partial charge on any atom is 0.119 e. The first-order valence-corrected chi connectivity index (χ1v) is 8.06. The summed E-state index contributed by atoms with van der Waals surface area (Å²) in [6.07, 6.45) is 4.13. The van der Waals surface area contributed by atoms with E-state index in [9.17, 15) is 5.11 Å². The van der Waals surface area contributed by atoms with Crippen molar-refractivity contribution < 1.29 is 9.84 Å². The molecule has 0 amide bonds. The van der Waals surface area contributed by atoms with E-state index in [0.717, 1.165) is 44.6 Å². The lowest BCUT2D eigenvalue weighted by molar-refractivity contribution is 0.160. The Morgan fingerprint density at radius 2 is 1.95 bits per heavy atom. The summed E-state index contributed by atoms with van der Waals surface area (Å²) < 4.78 is 5.79. The van der Waals surface area contributed by atoms with E-state index >= 15 is 0 Å². The van der Waals surface area contributed by atoms with Gasteiger partial charge in [0.2, 0.25) is 0 Å². The molecule has 0 radical (unpaired) electrons. The SMILES string of the molecule is CCCNC(C)(CO)CCCCOc1ccc(C)c(C)c1. The molecule has 0 heterocycles. The van der Waals surface area contributed by atoms with Crippen molar-refractivity contribution in [1.29, 1.82) is 0 Å². The number of unbranched alkanes of at least 4 members (excludes halogenated alkanes) is 1. The molecule has 0 aliphatic heterocycles. The van der Waals surface area contributed by atoms with Gasteiger partial charge in [-0.25, -0.2) is 0 Å². The normalized spacial score (nSPS) is 14.0. The molecule has 21 heavy (non-hydrogen) atoms. The number of nitrogens with one attached hydrogen (secondary N) is 1. The minimum Gasteiger partial charge on any atom is -0.494 e. The number of hydrogen-bond acceptors (Lipinski definition) is 3. The fourth-order valence-electron chi connectivity index (χ4n) is 2.26. The molecule has 0 saturated heterocycles. The molecule has 0 bridgehead atoms. The smallest absolute Gasteiger partial charge is 0.119 e. The van der Waals surface area contributed by atoms with E-state index in [2.05, 4.69) is 45.1 Å². The predicted octanol–water partition coefficient (Wildman–Crippen LogP) is 3.60. The third kappa shape index (κ3) is 6.49. The van der Waals surface area contributed by atoms with E-state index in [0.29, 0.717) is 0 Å². The Bertz CT molecular complexity index is 420. The first-order valence-electron chi connectivity index (χ1n) is 8.06. The highest BCUT2D eigenvalue weighted by molar-refractivity contribution is 5.33. The van der Waals surface area contributed by atoms with Gasteiger partial charge in [0.1, 0.15) is 5.75 Å². The minimum absolute atomic E-state index is 0.156. The van der Waals surface area contributed by atoms with Crippen LogP contribution in [0.1, 0.15) is 50.7 Å². The monoisotopic (exact) mass is 293 g/mol. The van der Waals surface area contributed by atoms with Gasteiger partial charge in [-0.3, -0.25) is 0 Å². The lowest BCUT2D eigenvalue weighted by Gasteiger charge is -2.28. The van der Waals surface area contributed by atoms with Crippen LogP contribution in [0.5, 0.6) is 5.75 Å². The summed E-state index contributed by atoms with van der Waals surface area (Å²) in [5, 5.41) is 12.9. The molecule has 0 spiro atoms. The van der Waals surface area contributed by atoms with Crippen LogP contribution >= 0.6 is 0 Å². The summed E-state index contributed by atoms with van der Waals surface area (Å²) in [7, 11) is 0. The van der Waals surface area contributed by atoms with Gasteiger partial charge < -0.3 is 15.2 Å². The van der Waals surface area contributed by atoms with Crippen LogP contribution in [0.4, 0.5) is 0 Å². The Morgan fingerprint density at radius 1 is 1.19 bits per heavy atom. The van der Waals surface area contributed by atoms with Crippen molar-refractivity contribution in [2.45, 2.75) is 58.9 Å². The molecule has 0 aliphatic carbocycles. The molecule has 120 valence electrons. The summed E-state index contributed by atoms with van der Waals surface area (Å²) in [5.74, 6) is 0.951. The zero-order valence-corrected chi connectivity index (χ0v) is 14.0. The quantitative estimate of drug-likeness (QED) is 0.648. The lowest BCUT2D eigenvalue weighted by Crippen LogP contribution is -2.46. The Balaban J connectivity index is 2.25. The van der Waals surface area contributed by atoms with Crippen LogP contribution in [-0.4, -0.2) is 30.4 Å². The maximum absolute atomic E-state index is 9.51. The Hall–Kier alpha value is -1.06. The Morgan fingerprint density at radius 3 is 2.57 bits per heavy atom. The summed E-state index contributed by atoms with van der Waals surface area (Å²) in [5.41, 5.74) is 2.41. The highest BCUT2D eigenvalue weighted by Gasteiger charge is 2.21. The molecule has 1 atom stereocenters. The molecule has 3 heteroatoms. The first-order chi connectivity index (χ1) is 10.0. The number of aliphatic hydroxyl groups excluding tert-OH is 1. The number of aryl methyl sites for hydroxylation is 2. The van der Waals surface area contributed by atoms with Crippen LogP contribution in [-0.2, 0) is 0 Å². The molecule has 0 saturated carbocycles. The van der Waals surface area contributed by atoms with Gasteiger partial charge in [-0.2, -0.15) is 0 Å². The van der Waals surface area contributed by atoms with Crippen LogP contribution in [0, 0.1) is 13.8 Å². The molecule has 1 aromatic carbocycles. The van der Waals surface area contributed by atoms with Gasteiger partial charge in [-0.05, 0) is 76.3 Å². The Kier molecular flexibility index (Phi) is 7.76. The topological polar surface area (TPSA) is 41.5 Å². The van der Waals surface area contributed by atoms with E-state index < -0.39 is 0 Å². The third-order valence-corrected chi connectivity index (χ3v) is 4.02. The van der Waals surface area contributed by atoms with Crippen molar-refractivity contribution in [2.75, 3.05) is 19.8 Å². The average molecular weight is 293 g/mol. The maximum atomic E-state index is 9.51. The summed E-state index contributed by atoms with van der Waals surface area (Å²) in [4.78, 5) is 0. The average Bonchev–Trinajstić information content (AvgIpc) is 2.48. The molecule has 2 N–H and O–H groups in total. The Labute approximate surface area is 129 Å². The molecule has 1 rings (SSSR count). The minimum atomic E-state index is -0.156. The predicted molar refractivity (Wildman–Crippen MR) is 89.0 cm³/mol. The zero-order valence-electron chi connectivity index (χ0n) is 14.0. The summed E-state index contributed by atoms with van der Waals surface area (Å²) in [6, 6.07) is 6.22. The number of aliphatic hydroxyl groups is 1. The second-order valence-electron chi connectivity index (χ2n) is 6.20. The molecular formula is C18H31NO2. The second kappa shape index (κ2) is 9.06.